The van der Waals surface area contributed by atoms with Gasteiger partial charge in [0.15, 0.2) is 0 Å². The number of hydrogen-bond acceptors (Lipinski definition) is 8. The molecular formula is C56H44Br4O8. The highest BCUT2D eigenvalue weighted by molar-refractivity contribution is 9.11. The molecule has 0 aliphatic heterocycles. The molecule has 10 rings (SSSR count). The van der Waals surface area contributed by atoms with Gasteiger partial charge in [-0.25, -0.2) is 0 Å². The lowest BCUT2D eigenvalue weighted by atomic mass is 9.91. The zero-order valence-corrected chi connectivity index (χ0v) is 42.6. The third-order valence-electron chi connectivity index (χ3n) is 12.8. The predicted octanol–water partition coefficient (Wildman–Crippen LogP) is 13.4. The Morgan fingerprint density at radius 2 is 0.324 bits per heavy atom. The van der Waals surface area contributed by atoms with Gasteiger partial charge in [0.05, 0.1) is 0 Å². The number of aromatic hydroxyl groups is 8. The Labute approximate surface area is 427 Å². The fraction of sp³-hybridized carbons (Fsp3) is 0.143. The van der Waals surface area contributed by atoms with Crippen LogP contribution in [0, 0.1) is 0 Å². The van der Waals surface area contributed by atoms with Crippen LogP contribution < -0.4 is 0 Å². The number of fused-ring (bicyclic) bond motifs is 16. The first-order valence-electron chi connectivity index (χ1n) is 21.8. The highest BCUT2D eigenvalue weighted by atomic mass is 79.9. The lowest BCUT2D eigenvalue weighted by Crippen LogP contribution is -2.01. The lowest BCUT2D eigenvalue weighted by molar-refractivity contribution is 0.449. The molecule has 12 heteroatoms. The third kappa shape index (κ3) is 9.83. The van der Waals surface area contributed by atoms with Gasteiger partial charge in [0.25, 0.3) is 0 Å². The minimum atomic E-state index is 0.124. The van der Waals surface area contributed by atoms with E-state index in [2.05, 4.69) is 63.7 Å². The van der Waals surface area contributed by atoms with Crippen LogP contribution in [-0.2, 0) is 51.4 Å². The summed E-state index contributed by atoms with van der Waals surface area (Å²) in [4.78, 5) is 0. The van der Waals surface area contributed by atoms with Gasteiger partial charge in [0.2, 0.25) is 0 Å². The molecule has 8 N–H and O–H groups in total. The highest BCUT2D eigenvalue weighted by Crippen LogP contribution is 2.42. The Morgan fingerprint density at radius 1 is 0.206 bits per heavy atom. The predicted molar refractivity (Wildman–Crippen MR) is 278 cm³/mol. The van der Waals surface area contributed by atoms with Crippen molar-refractivity contribution in [3.8, 4) is 46.0 Å². The Balaban J connectivity index is 0.000000171. The normalized spacial score (nSPS) is 13.0. The van der Waals surface area contributed by atoms with Crippen LogP contribution in [0.1, 0.15) is 89.0 Å². The molecule has 8 aromatic carbocycles. The van der Waals surface area contributed by atoms with Crippen LogP contribution in [0.25, 0.3) is 0 Å². The van der Waals surface area contributed by atoms with Crippen molar-refractivity contribution in [2.75, 3.05) is 0 Å². The first-order valence-corrected chi connectivity index (χ1v) is 25.0. The Morgan fingerprint density at radius 3 is 0.471 bits per heavy atom. The molecule has 0 unspecified atom stereocenters. The van der Waals surface area contributed by atoms with Crippen LogP contribution in [-0.4, -0.2) is 40.9 Å². The summed E-state index contributed by atoms with van der Waals surface area (Å²) in [6.45, 7) is 0. The van der Waals surface area contributed by atoms with Gasteiger partial charge >= 0.3 is 0 Å². The van der Waals surface area contributed by atoms with Gasteiger partial charge in [-0.3, -0.25) is 0 Å². The molecule has 0 amide bonds. The molecular weight excluding hydrogens is 1120 g/mol. The maximum Gasteiger partial charge on any atom is 0.122 e. The molecule has 0 fully saturated rings. The average molecular weight is 1160 g/mol. The van der Waals surface area contributed by atoms with E-state index in [0.29, 0.717) is 140 Å². The SMILES string of the molecule is Oc1c2cc(Br)cc1Cc1cc(Br)cc(c1O)Cc1cc(Br)cc(c1O)Cc1cc(Br)cc(c1O)C2.Oc1c2cccc1Cc1cccc(c1O)Cc1cccc(c1O)Cc1cccc(c1O)C2. The fourth-order valence-electron chi connectivity index (χ4n) is 9.31. The van der Waals surface area contributed by atoms with Crippen LogP contribution in [0.15, 0.2) is 139 Å². The van der Waals surface area contributed by atoms with Crippen molar-refractivity contribution in [1.29, 1.82) is 0 Å². The molecule has 344 valence electrons. The van der Waals surface area contributed by atoms with Gasteiger partial charge in [0, 0.05) is 69.3 Å². The first-order chi connectivity index (χ1) is 32.6. The molecule has 0 radical (unpaired) electrons. The van der Waals surface area contributed by atoms with Gasteiger partial charge in [-0.05, 0) is 138 Å². The standard InChI is InChI=1S/C28H20Br4O4.C28H24O4/c29-21-5-13-1-14-6-22(30)8-16(26(14)34)3-18-10-24(32)12-20(28(18)36)4-19-11-23(31)9-17(27(19)35)2-15(7-21)25(13)33;29-25-17-5-1-6-18(25)14-20-8-3-10-22(27(20)31)16-24-12-4-11-23(28(24)32)15-21-9-2-7-19(13-17)26(21)30/h5-12,33-36H,1-4H2;1-12,29-32H,13-16H2. The van der Waals surface area contributed by atoms with E-state index in [1.54, 1.807) is 0 Å². The molecule has 8 aromatic rings. The average Bonchev–Trinajstić information content (AvgIpc) is 3.29. The second-order valence-electron chi connectivity index (χ2n) is 17.4. The molecule has 0 heterocycles. The van der Waals surface area contributed by atoms with Crippen molar-refractivity contribution in [1.82, 2.24) is 0 Å². The van der Waals surface area contributed by atoms with Crippen molar-refractivity contribution in [3.63, 3.8) is 0 Å². The molecule has 2 aliphatic rings. The summed E-state index contributed by atoms with van der Waals surface area (Å²) in [6.07, 6.45) is 2.66. The lowest BCUT2D eigenvalue weighted by Gasteiger charge is -2.18. The van der Waals surface area contributed by atoms with E-state index in [1.165, 1.54) is 0 Å². The van der Waals surface area contributed by atoms with E-state index in [4.69, 9.17) is 0 Å². The number of phenolic OH excluding ortho intramolecular Hbond substituents is 8. The van der Waals surface area contributed by atoms with Gasteiger partial charge in [0.1, 0.15) is 46.0 Å². The van der Waals surface area contributed by atoms with E-state index < -0.39 is 0 Å². The Bertz CT molecular complexity index is 2680. The number of rotatable bonds is 0. The van der Waals surface area contributed by atoms with E-state index in [1.807, 2.05) is 121 Å². The zero-order chi connectivity index (χ0) is 48.0. The van der Waals surface area contributed by atoms with Crippen molar-refractivity contribution in [3.05, 3.63) is 228 Å². The summed E-state index contributed by atoms with van der Waals surface area (Å²) in [7, 11) is 0. The maximum absolute atomic E-state index is 11.2. The summed E-state index contributed by atoms with van der Waals surface area (Å²) in [5, 5.41) is 88.6. The van der Waals surface area contributed by atoms with Crippen molar-refractivity contribution < 1.29 is 40.9 Å². The number of benzene rings is 8. The smallest absolute Gasteiger partial charge is 0.122 e. The van der Waals surface area contributed by atoms with Crippen LogP contribution in [0.3, 0.4) is 0 Å². The maximum atomic E-state index is 11.2. The molecule has 0 spiro atoms. The summed E-state index contributed by atoms with van der Waals surface area (Å²) in [6, 6.07) is 37.0. The van der Waals surface area contributed by atoms with Crippen LogP contribution in [0.2, 0.25) is 0 Å². The van der Waals surface area contributed by atoms with Gasteiger partial charge in [-0.15, -0.1) is 0 Å². The quantitative estimate of drug-likeness (QED) is 0.0744. The molecule has 68 heavy (non-hydrogen) atoms. The molecule has 0 aromatic heterocycles. The summed E-state index contributed by atoms with van der Waals surface area (Å²) in [5.74, 6) is 1.21. The molecule has 2 aliphatic carbocycles. The summed E-state index contributed by atoms with van der Waals surface area (Å²) in [5.41, 5.74) is 10.9. The van der Waals surface area contributed by atoms with E-state index >= 15 is 0 Å². The summed E-state index contributed by atoms with van der Waals surface area (Å²) >= 11 is 14.2. The van der Waals surface area contributed by atoms with Crippen molar-refractivity contribution in [2.24, 2.45) is 0 Å². The highest BCUT2D eigenvalue weighted by Gasteiger charge is 2.22. The Hall–Kier alpha value is -5.92. The monoisotopic (exact) mass is 1160 g/mol. The fourth-order valence-corrected chi connectivity index (χ4v) is 11.5. The topological polar surface area (TPSA) is 162 Å². The Kier molecular flexibility index (Phi) is 13.6. The molecule has 0 saturated heterocycles. The minimum Gasteiger partial charge on any atom is -0.507 e. The number of hydrogen-bond donors (Lipinski definition) is 8. The second-order valence-corrected chi connectivity index (χ2v) is 21.1. The van der Waals surface area contributed by atoms with E-state index in [-0.39, 0.29) is 46.0 Å². The van der Waals surface area contributed by atoms with Crippen molar-refractivity contribution in [2.45, 2.75) is 51.4 Å². The van der Waals surface area contributed by atoms with E-state index in [9.17, 15) is 40.9 Å². The second kappa shape index (κ2) is 19.6. The van der Waals surface area contributed by atoms with Crippen LogP contribution >= 0.6 is 63.7 Å². The van der Waals surface area contributed by atoms with Gasteiger partial charge in [-0.2, -0.15) is 0 Å². The summed E-state index contributed by atoms with van der Waals surface area (Å²) < 4.78 is 3.17. The third-order valence-corrected chi connectivity index (χ3v) is 14.6. The number of halogens is 4. The number of para-hydroxylation sites is 4. The van der Waals surface area contributed by atoms with Crippen molar-refractivity contribution >= 4 is 63.7 Å². The zero-order valence-electron chi connectivity index (χ0n) is 36.3. The van der Waals surface area contributed by atoms with Crippen LogP contribution in [0.4, 0.5) is 0 Å². The van der Waals surface area contributed by atoms with Gasteiger partial charge < -0.3 is 40.9 Å². The number of phenols is 8. The first kappa shape index (κ1) is 47.2. The molecule has 0 atom stereocenters. The molecule has 0 saturated carbocycles. The van der Waals surface area contributed by atoms with E-state index in [0.717, 1.165) is 17.9 Å². The van der Waals surface area contributed by atoms with Crippen LogP contribution in [0.5, 0.6) is 46.0 Å². The minimum absolute atomic E-state index is 0.124. The molecule has 16 bridgehead atoms. The molecule has 8 nitrogen and oxygen atoms in total. The largest absolute Gasteiger partial charge is 0.507 e. The van der Waals surface area contributed by atoms with Gasteiger partial charge in [-0.1, -0.05) is 137 Å².